The number of anilines is 3. The van der Waals surface area contributed by atoms with Crippen molar-refractivity contribution in [3.05, 3.63) is 118 Å². The second kappa shape index (κ2) is 12.1. The lowest BCUT2D eigenvalue weighted by Crippen LogP contribution is -2.35. The fraction of sp³-hybridized carbons (Fsp3) is 0.111. The van der Waals surface area contributed by atoms with Crippen LogP contribution in [0.1, 0.15) is 34.3 Å². The van der Waals surface area contributed by atoms with E-state index < -0.39 is 28.4 Å². The van der Waals surface area contributed by atoms with Crippen molar-refractivity contribution in [1.29, 1.82) is 0 Å². The molecule has 0 bridgehead atoms. The number of carbonyl (C=O) groups is 2. The van der Waals surface area contributed by atoms with Gasteiger partial charge < -0.3 is 10.1 Å². The molecule has 0 unspecified atom stereocenters. The molecule has 4 aromatic rings. The van der Waals surface area contributed by atoms with Crippen LogP contribution in [0.5, 0.6) is 0 Å². The molecule has 0 aliphatic heterocycles. The molecule has 11 nitrogen and oxygen atoms in total. The van der Waals surface area contributed by atoms with E-state index in [-0.39, 0.29) is 29.5 Å². The number of hydrazine groups is 1. The minimum Gasteiger partial charge on any atom is -0.462 e. The molecule has 192 valence electrons. The standard InChI is InChI=1S/C27H24N6O5/c1-2-38-27(35)20-15-9-10-16-21(20)30-24-23(33(36)37)25(29-17-28-24)31-32-26(34)22(18-11-5-3-6-12-18)19-13-7-4-8-14-19/h3-17,22H,2H2,1H3,(H,32,34)(H2,28,29,30,31). The summed E-state index contributed by atoms with van der Waals surface area (Å²) in [6, 6.07) is 24.7. The summed E-state index contributed by atoms with van der Waals surface area (Å²) in [5, 5.41) is 14.8. The number of aromatic nitrogens is 2. The highest BCUT2D eigenvalue weighted by molar-refractivity contribution is 5.97. The lowest BCUT2D eigenvalue weighted by atomic mass is 9.91. The van der Waals surface area contributed by atoms with E-state index >= 15 is 0 Å². The van der Waals surface area contributed by atoms with Crippen LogP contribution >= 0.6 is 0 Å². The number of hydrogen-bond donors (Lipinski definition) is 3. The fourth-order valence-corrected chi connectivity index (χ4v) is 3.82. The zero-order chi connectivity index (χ0) is 26.9. The fourth-order valence-electron chi connectivity index (χ4n) is 3.82. The third-order valence-electron chi connectivity index (χ3n) is 5.51. The Balaban J connectivity index is 1.61. The number of rotatable bonds is 10. The first kappa shape index (κ1) is 25.8. The Kier molecular flexibility index (Phi) is 8.19. The van der Waals surface area contributed by atoms with Crippen LogP contribution in [0.25, 0.3) is 0 Å². The molecule has 38 heavy (non-hydrogen) atoms. The number of amides is 1. The molecule has 0 atom stereocenters. The molecule has 0 aliphatic rings. The van der Waals surface area contributed by atoms with Crippen LogP contribution in [0.2, 0.25) is 0 Å². The van der Waals surface area contributed by atoms with Gasteiger partial charge in [-0.1, -0.05) is 72.8 Å². The largest absolute Gasteiger partial charge is 0.462 e. The van der Waals surface area contributed by atoms with E-state index in [9.17, 15) is 19.7 Å². The molecule has 1 heterocycles. The maximum atomic E-state index is 13.3. The number of esters is 1. The quantitative estimate of drug-likeness (QED) is 0.158. The van der Waals surface area contributed by atoms with E-state index in [1.165, 1.54) is 6.07 Å². The minimum absolute atomic E-state index is 0.168. The summed E-state index contributed by atoms with van der Waals surface area (Å²) < 4.78 is 5.06. The Labute approximate surface area is 218 Å². The highest BCUT2D eigenvalue weighted by Crippen LogP contribution is 2.32. The first-order chi connectivity index (χ1) is 18.5. The van der Waals surface area contributed by atoms with E-state index in [2.05, 4.69) is 26.1 Å². The average molecular weight is 513 g/mol. The third-order valence-corrected chi connectivity index (χ3v) is 5.51. The normalized spacial score (nSPS) is 10.5. The van der Waals surface area contributed by atoms with Crippen LogP contribution in [-0.2, 0) is 9.53 Å². The molecule has 3 aromatic carbocycles. The Hall–Kier alpha value is -5.32. The topological polar surface area (TPSA) is 148 Å². The number of carbonyl (C=O) groups excluding carboxylic acids is 2. The van der Waals surface area contributed by atoms with Gasteiger partial charge in [0.15, 0.2) is 0 Å². The molecule has 0 radical (unpaired) electrons. The van der Waals surface area contributed by atoms with Crippen LogP contribution in [0.4, 0.5) is 23.0 Å². The second-order valence-corrected chi connectivity index (χ2v) is 7.94. The SMILES string of the molecule is CCOC(=O)c1ccccc1Nc1ncnc(NNC(=O)C(c2ccccc2)c2ccccc2)c1[N+](=O)[O-]. The van der Waals surface area contributed by atoms with Gasteiger partial charge in [0, 0.05) is 0 Å². The van der Waals surface area contributed by atoms with Gasteiger partial charge in [-0.3, -0.25) is 25.8 Å². The predicted octanol–water partition coefficient (Wildman–Crippen LogP) is 4.58. The Bertz CT molecular complexity index is 1390. The average Bonchev–Trinajstić information content (AvgIpc) is 2.93. The number of nitrogens with zero attached hydrogens (tertiary/aromatic N) is 3. The number of nitro groups is 1. The summed E-state index contributed by atoms with van der Waals surface area (Å²) in [6.45, 7) is 1.84. The molecule has 0 saturated heterocycles. The van der Waals surface area contributed by atoms with E-state index in [0.29, 0.717) is 0 Å². The summed E-state index contributed by atoms with van der Waals surface area (Å²) in [4.78, 5) is 44.9. The van der Waals surface area contributed by atoms with Crippen LogP contribution < -0.4 is 16.2 Å². The van der Waals surface area contributed by atoms with Gasteiger partial charge in [-0.15, -0.1) is 0 Å². The molecule has 0 spiro atoms. The molecule has 0 aliphatic carbocycles. The Morgan fingerprint density at radius 3 is 2.08 bits per heavy atom. The van der Waals surface area contributed by atoms with Crippen molar-refractivity contribution in [3.8, 4) is 0 Å². The zero-order valence-electron chi connectivity index (χ0n) is 20.3. The van der Waals surface area contributed by atoms with Crippen molar-refractivity contribution in [3.63, 3.8) is 0 Å². The molecule has 11 heteroatoms. The first-order valence-corrected chi connectivity index (χ1v) is 11.7. The van der Waals surface area contributed by atoms with Gasteiger partial charge in [-0.05, 0) is 30.2 Å². The van der Waals surface area contributed by atoms with Crippen molar-refractivity contribution in [2.24, 2.45) is 0 Å². The van der Waals surface area contributed by atoms with E-state index in [0.717, 1.165) is 17.5 Å². The summed E-state index contributed by atoms with van der Waals surface area (Å²) >= 11 is 0. The molecule has 0 fully saturated rings. The number of benzene rings is 3. The maximum Gasteiger partial charge on any atom is 0.355 e. The molecule has 4 rings (SSSR count). The molecule has 3 N–H and O–H groups in total. The predicted molar refractivity (Wildman–Crippen MR) is 141 cm³/mol. The third kappa shape index (κ3) is 5.90. The van der Waals surface area contributed by atoms with Crippen LogP contribution in [-0.4, -0.2) is 33.4 Å². The summed E-state index contributed by atoms with van der Waals surface area (Å²) in [5.74, 6) is -2.14. The van der Waals surface area contributed by atoms with E-state index in [1.54, 1.807) is 25.1 Å². The number of nitrogens with one attached hydrogen (secondary N) is 3. The van der Waals surface area contributed by atoms with Gasteiger partial charge >= 0.3 is 11.7 Å². The summed E-state index contributed by atoms with van der Waals surface area (Å²) in [7, 11) is 0. The first-order valence-electron chi connectivity index (χ1n) is 11.7. The van der Waals surface area contributed by atoms with Crippen molar-refractivity contribution >= 4 is 34.9 Å². The summed E-state index contributed by atoms with van der Waals surface area (Å²) in [6.07, 6.45) is 1.10. The molecule has 1 amide bonds. The van der Waals surface area contributed by atoms with Crippen molar-refractivity contribution in [2.75, 3.05) is 17.3 Å². The minimum atomic E-state index is -0.685. The van der Waals surface area contributed by atoms with Gasteiger partial charge in [0.2, 0.25) is 17.5 Å². The highest BCUT2D eigenvalue weighted by Gasteiger charge is 2.27. The number of para-hydroxylation sites is 1. The second-order valence-electron chi connectivity index (χ2n) is 7.94. The molecular formula is C27H24N6O5. The molecule has 0 saturated carbocycles. The van der Waals surface area contributed by atoms with Gasteiger partial charge in [0.1, 0.15) is 6.33 Å². The smallest absolute Gasteiger partial charge is 0.355 e. The summed E-state index contributed by atoms with van der Waals surface area (Å²) in [5.41, 5.74) is 6.52. The van der Waals surface area contributed by atoms with Crippen LogP contribution in [0, 0.1) is 10.1 Å². The van der Waals surface area contributed by atoms with Crippen molar-refractivity contribution in [2.45, 2.75) is 12.8 Å². The van der Waals surface area contributed by atoms with Crippen molar-refractivity contribution < 1.29 is 19.2 Å². The maximum absolute atomic E-state index is 13.3. The van der Waals surface area contributed by atoms with E-state index in [4.69, 9.17) is 4.74 Å². The van der Waals surface area contributed by atoms with Crippen molar-refractivity contribution in [1.82, 2.24) is 15.4 Å². The Morgan fingerprint density at radius 1 is 0.895 bits per heavy atom. The Morgan fingerprint density at radius 2 is 1.47 bits per heavy atom. The zero-order valence-corrected chi connectivity index (χ0v) is 20.3. The van der Waals surface area contributed by atoms with Crippen LogP contribution in [0.3, 0.4) is 0 Å². The monoisotopic (exact) mass is 512 g/mol. The molecule has 1 aromatic heterocycles. The number of hydrogen-bond acceptors (Lipinski definition) is 9. The number of ether oxygens (including phenoxy) is 1. The van der Waals surface area contributed by atoms with Gasteiger partial charge in [0.05, 0.1) is 28.7 Å². The molecular weight excluding hydrogens is 488 g/mol. The van der Waals surface area contributed by atoms with Gasteiger partial charge in [-0.25, -0.2) is 14.8 Å². The highest BCUT2D eigenvalue weighted by atomic mass is 16.6. The lowest BCUT2D eigenvalue weighted by Gasteiger charge is -2.18. The van der Waals surface area contributed by atoms with Gasteiger partial charge in [-0.2, -0.15) is 0 Å². The van der Waals surface area contributed by atoms with Gasteiger partial charge in [0.25, 0.3) is 0 Å². The van der Waals surface area contributed by atoms with Crippen LogP contribution in [0.15, 0.2) is 91.3 Å². The van der Waals surface area contributed by atoms with E-state index in [1.807, 2.05) is 60.7 Å². The lowest BCUT2D eigenvalue weighted by molar-refractivity contribution is -0.383.